The van der Waals surface area contributed by atoms with Gasteiger partial charge in [-0.05, 0) is 30.3 Å². The van der Waals surface area contributed by atoms with Crippen molar-refractivity contribution in [1.29, 1.82) is 0 Å². The second kappa shape index (κ2) is 8.09. The van der Waals surface area contributed by atoms with Crippen LogP contribution in [0.3, 0.4) is 0 Å². The number of amides is 2. The summed E-state index contributed by atoms with van der Waals surface area (Å²) in [6, 6.07) is 12.0. The fourth-order valence-electron chi connectivity index (χ4n) is 2.57. The third kappa shape index (κ3) is 4.22. The maximum Gasteiger partial charge on any atom is 0.308 e. The normalized spacial score (nSPS) is 13.5. The van der Waals surface area contributed by atoms with Crippen molar-refractivity contribution in [3.63, 3.8) is 0 Å². The van der Waals surface area contributed by atoms with Crippen LogP contribution in [0.15, 0.2) is 53.4 Å². The monoisotopic (exact) mass is 422 g/mol. The lowest BCUT2D eigenvalue weighted by molar-refractivity contribution is -0.146. The number of carbonyl (C=O) groups excluding carboxylic acids is 3. The van der Waals surface area contributed by atoms with Gasteiger partial charge in [-0.3, -0.25) is 14.4 Å². The van der Waals surface area contributed by atoms with Crippen LogP contribution in [0.1, 0.15) is 27.1 Å². The third-order valence-corrected chi connectivity index (χ3v) is 5.65. The van der Waals surface area contributed by atoms with Gasteiger partial charge in [0.05, 0.1) is 22.4 Å². The molecule has 0 radical (unpaired) electrons. The van der Waals surface area contributed by atoms with Gasteiger partial charge in [-0.2, -0.15) is 0 Å². The van der Waals surface area contributed by atoms with Crippen LogP contribution in [0.2, 0.25) is 5.02 Å². The lowest BCUT2D eigenvalue weighted by atomic mass is 10.1. The van der Waals surface area contributed by atoms with Crippen molar-refractivity contribution in [2.75, 3.05) is 13.3 Å². The zero-order valence-corrected chi connectivity index (χ0v) is 16.0. The molecule has 0 spiro atoms. The highest BCUT2D eigenvalue weighted by molar-refractivity contribution is 7.89. The van der Waals surface area contributed by atoms with Crippen LogP contribution in [0.25, 0.3) is 0 Å². The third-order valence-electron chi connectivity index (χ3n) is 3.96. The second-order valence-electron chi connectivity index (χ2n) is 5.83. The molecule has 1 aliphatic rings. The van der Waals surface area contributed by atoms with E-state index in [1.165, 1.54) is 36.4 Å². The van der Waals surface area contributed by atoms with Gasteiger partial charge < -0.3 is 4.74 Å². The summed E-state index contributed by atoms with van der Waals surface area (Å²) in [5.41, 5.74) is 0.496. The van der Waals surface area contributed by atoms with Gasteiger partial charge in [0.25, 0.3) is 11.8 Å². The number of benzene rings is 2. The van der Waals surface area contributed by atoms with E-state index in [0.29, 0.717) is 0 Å². The summed E-state index contributed by atoms with van der Waals surface area (Å²) in [5, 5.41) is 0.267. The van der Waals surface area contributed by atoms with E-state index in [2.05, 4.69) is 4.72 Å². The first-order valence-corrected chi connectivity index (χ1v) is 10.0. The van der Waals surface area contributed by atoms with Gasteiger partial charge in [0.1, 0.15) is 0 Å². The van der Waals surface area contributed by atoms with Crippen LogP contribution in [0.4, 0.5) is 0 Å². The predicted octanol–water partition coefficient (Wildman–Crippen LogP) is 1.81. The standard InChI is InChI=1S/C18H15ClN2O6S/c19-12-4-3-5-13(10-12)28(25,26)20-9-8-16(22)27-11-21-17(23)14-6-1-2-7-15(14)18(21)24/h1-7,10,20H,8-9,11H2. The minimum atomic E-state index is -3.82. The van der Waals surface area contributed by atoms with Gasteiger partial charge in [0.15, 0.2) is 6.73 Å². The molecule has 2 aromatic rings. The Kier molecular flexibility index (Phi) is 5.78. The van der Waals surface area contributed by atoms with Crippen LogP contribution in [-0.4, -0.2) is 44.4 Å². The molecule has 10 heteroatoms. The number of nitrogens with one attached hydrogen (secondary N) is 1. The Morgan fingerprint density at radius 1 is 1.04 bits per heavy atom. The molecule has 0 aliphatic carbocycles. The van der Waals surface area contributed by atoms with Crippen LogP contribution < -0.4 is 4.72 Å². The summed E-state index contributed by atoms with van der Waals surface area (Å²) in [4.78, 5) is 36.9. The summed E-state index contributed by atoms with van der Waals surface area (Å²) in [7, 11) is -3.82. The quantitative estimate of drug-likeness (QED) is 0.538. The number of rotatable bonds is 7. The summed E-state index contributed by atoms with van der Waals surface area (Å²) in [6.45, 7) is -0.748. The molecular weight excluding hydrogens is 408 g/mol. The van der Waals surface area contributed by atoms with Gasteiger partial charge >= 0.3 is 5.97 Å². The van der Waals surface area contributed by atoms with Gasteiger partial charge in [0, 0.05) is 11.6 Å². The van der Waals surface area contributed by atoms with Crippen molar-refractivity contribution in [2.45, 2.75) is 11.3 Å². The first-order valence-electron chi connectivity index (χ1n) is 8.16. The number of fused-ring (bicyclic) bond motifs is 1. The summed E-state index contributed by atoms with van der Waals surface area (Å²) in [6.07, 6.45) is -0.275. The molecule has 2 aromatic carbocycles. The molecule has 3 rings (SSSR count). The smallest absolute Gasteiger partial charge is 0.308 e. The van der Waals surface area contributed by atoms with E-state index in [4.69, 9.17) is 16.3 Å². The molecule has 0 atom stereocenters. The maximum absolute atomic E-state index is 12.2. The van der Waals surface area contributed by atoms with Gasteiger partial charge in [-0.25, -0.2) is 18.0 Å². The average molecular weight is 423 g/mol. The molecule has 2 amide bonds. The van der Waals surface area contributed by atoms with Crippen molar-refractivity contribution in [1.82, 2.24) is 9.62 Å². The van der Waals surface area contributed by atoms with Gasteiger partial charge in [-0.15, -0.1) is 0 Å². The highest BCUT2D eigenvalue weighted by Gasteiger charge is 2.35. The van der Waals surface area contributed by atoms with E-state index in [1.807, 2.05) is 0 Å². The Bertz CT molecular complexity index is 1020. The van der Waals surface area contributed by atoms with Crippen molar-refractivity contribution in [3.05, 3.63) is 64.7 Å². The number of imide groups is 1. The van der Waals surface area contributed by atoms with Crippen LogP contribution in [0.5, 0.6) is 0 Å². The zero-order chi connectivity index (χ0) is 20.3. The highest BCUT2D eigenvalue weighted by atomic mass is 35.5. The summed E-state index contributed by atoms with van der Waals surface area (Å²) < 4.78 is 31.4. The largest absolute Gasteiger partial charge is 0.444 e. The van der Waals surface area contributed by atoms with Gasteiger partial charge in [-0.1, -0.05) is 29.8 Å². The fourth-order valence-corrected chi connectivity index (χ4v) is 3.90. The molecule has 1 heterocycles. The predicted molar refractivity (Wildman–Crippen MR) is 99.2 cm³/mol. The SMILES string of the molecule is O=C(CCNS(=O)(=O)c1cccc(Cl)c1)OCN1C(=O)c2ccccc2C1=O. The number of sulfonamides is 1. The van der Waals surface area contributed by atoms with E-state index in [9.17, 15) is 22.8 Å². The van der Waals surface area contributed by atoms with Crippen molar-refractivity contribution >= 4 is 39.4 Å². The number of carbonyl (C=O) groups is 3. The first-order chi connectivity index (χ1) is 13.3. The van der Waals surface area contributed by atoms with E-state index < -0.39 is 34.5 Å². The number of ether oxygens (including phenoxy) is 1. The Morgan fingerprint density at radius 2 is 1.68 bits per heavy atom. The first kappa shape index (κ1) is 20.0. The molecule has 0 fully saturated rings. The van der Waals surface area contributed by atoms with E-state index in [0.717, 1.165) is 4.90 Å². The molecule has 0 bridgehead atoms. The number of halogens is 1. The second-order valence-corrected chi connectivity index (χ2v) is 8.04. The molecule has 1 N–H and O–H groups in total. The molecule has 1 aliphatic heterocycles. The van der Waals surface area contributed by atoms with Gasteiger partial charge in [0.2, 0.25) is 10.0 Å². The number of nitrogens with zero attached hydrogens (tertiary/aromatic N) is 1. The Labute approximate surface area is 166 Å². The molecule has 0 saturated heterocycles. The topological polar surface area (TPSA) is 110 Å². The van der Waals surface area contributed by atoms with Crippen molar-refractivity contribution in [2.24, 2.45) is 0 Å². The zero-order valence-electron chi connectivity index (χ0n) is 14.4. The number of hydrogen-bond acceptors (Lipinski definition) is 6. The highest BCUT2D eigenvalue weighted by Crippen LogP contribution is 2.22. The van der Waals surface area contributed by atoms with Crippen LogP contribution in [0, 0.1) is 0 Å². The molecule has 146 valence electrons. The number of esters is 1. The minimum absolute atomic E-state index is 0.0283. The van der Waals surface area contributed by atoms with Crippen molar-refractivity contribution in [3.8, 4) is 0 Å². The molecule has 0 aromatic heterocycles. The molecule has 0 saturated carbocycles. The minimum Gasteiger partial charge on any atom is -0.444 e. The van der Waals surface area contributed by atoms with E-state index in [-0.39, 0.29) is 34.0 Å². The van der Waals surface area contributed by atoms with Crippen LogP contribution in [-0.2, 0) is 19.6 Å². The molecule has 0 unspecified atom stereocenters. The Morgan fingerprint density at radius 3 is 2.29 bits per heavy atom. The molecule has 8 nitrogen and oxygen atoms in total. The Hall–Kier alpha value is -2.75. The van der Waals surface area contributed by atoms with E-state index in [1.54, 1.807) is 12.1 Å². The maximum atomic E-state index is 12.2. The molecule has 28 heavy (non-hydrogen) atoms. The van der Waals surface area contributed by atoms with Crippen molar-refractivity contribution < 1.29 is 27.5 Å². The lowest BCUT2D eigenvalue weighted by Crippen LogP contribution is -2.34. The van der Waals surface area contributed by atoms with Crippen LogP contribution >= 0.6 is 11.6 Å². The average Bonchev–Trinajstić information content (AvgIpc) is 2.91. The summed E-state index contributed by atoms with van der Waals surface area (Å²) in [5.74, 6) is -1.85. The summed E-state index contributed by atoms with van der Waals surface area (Å²) >= 11 is 5.77. The Balaban J connectivity index is 1.49. The fraction of sp³-hybridized carbons (Fsp3) is 0.167. The lowest BCUT2D eigenvalue weighted by Gasteiger charge is -2.14. The van der Waals surface area contributed by atoms with E-state index >= 15 is 0 Å². The number of hydrogen-bond donors (Lipinski definition) is 1. The molecular formula is C18H15ClN2O6S.